The molecule has 1 atom stereocenters. The predicted molar refractivity (Wildman–Crippen MR) is 64.4 cm³/mol. The van der Waals surface area contributed by atoms with Gasteiger partial charge in [0.2, 0.25) is 5.91 Å². The third-order valence-electron chi connectivity index (χ3n) is 2.37. The van der Waals surface area contributed by atoms with Gasteiger partial charge in [0.15, 0.2) is 0 Å². The highest BCUT2D eigenvalue weighted by atomic mass is 16.5. The molecule has 2 rings (SSSR count). The first kappa shape index (κ1) is 11.3. The first-order chi connectivity index (χ1) is 8.16. The van der Waals surface area contributed by atoms with E-state index in [0.717, 1.165) is 10.9 Å². The van der Waals surface area contributed by atoms with E-state index in [1.807, 2.05) is 18.2 Å². The van der Waals surface area contributed by atoms with Crippen molar-refractivity contribution in [1.29, 1.82) is 0 Å². The molecule has 1 heterocycles. The quantitative estimate of drug-likeness (QED) is 0.798. The highest BCUT2D eigenvalue weighted by molar-refractivity contribution is 5.80. The Labute approximate surface area is 98.4 Å². The lowest BCUT2D eigenvalue weighted by Crippen LogP contribution is -2.41. The number of nitrogens with two attached hydrogens (primary N) is 2. The van der Waals surface area contributed by atoms with Gasteiger partial charge in [0.25, 0.3) is 0 Å². The summed E-state index contributed by atoms with van der Waals surface area (Å²) < 4.78 is 5.37. The zero-order chi connectivity index (χ0) is 12.3. The van der Waals surface area contributed by atoms with Crippen molar-refractivity contribution in [3.63, 3.8) is 0 Å². The van der Waals surface area contributed by atoms with Crippen molar-refractivity contribution in [3.05, 3.63) is 36.5 Å². The zero-order valence-electron chi connectivity index (χ0n) is 9.17. The maximum atomic E-state index is 10.7. The van der Waals surface area contributed by atoms with Gasteiger partial charge in [-0.2, -0.15) is 0 Å². The molecule has 0 spiro atoms. The molecular weight excluding hydrogens is 218 g/mol. The molecule has 1 amide bonds. The summed E-state index contributed by atoms with van der Waals surface area (Å²) in [7, 11) is 0. The van der Waals surface area contributed by atoms with Crippen molar-refractivity contribution in [2.24, 2.45) is 11.5 Å². The van der Waals surface area contributed by atoms with Gasteiger partial charge in [-0.1, -0.05) is 6.07 Å². The molecule has 0 aliphatic heterocycles. The Morgan fingerprint density at radius 1 is 1.41 bits per heavy atom. The van der Waals surface area contributed by atoms with Crippen LogP contribution in [0.2, 0.25) is 0 Å². The normalized spacial score (nSPS) is 12.3. The molecule has 0 saturated carbocycles. The lowest BCUT2D eigenvalue weighted by Gasteiger charge is -2.10. The number of hydrogen-bond acceptors (Lipinski definition) is 4. The predicted octanol–water partition coefficient (Wildman–Crippen LogP) is 0.426. The van der Waals surface area contributed by atoms with Crippen LogP contribution in [0, 0.1) is 0 Å². The first-order valence-corrected chi connectivity index (χ1v) is 5.19. The summed E-state index contributed by atoms with van der Waals surface area (Å²) >= 11 is 0. The van der Waals surface area contributed by atoms with Gasteiger partial charge in [-0.15, -0.1) is 0 Å². The number of carbonyl (C=O) groups is 1. The van der Waals surface area contributed by atoms with E-state index in [0.29, 0.717) is 5.75 Å². The molecule has 5 heteroatoms. The standard InChI is InChI=1S/C12H13N3O2/c13-10(12(14)16)7-17-9-4-3-8-2-1-5-15-11(8)6-9/h1-6,10H,7,13H2,(H2,14,16). The molecule has 0 aliphatic carbocycles. The number of pyridine rings is 1. The summed E-state index contributed by atoms with van der Waals surface area (Å²) in [5, 5.41) is 1.03. The maximum absolute atomic E-state index is 10.7. The number of primary amides is 1. The Morgan fingerprint density at radius 2 is 2.24 bits per heavy atom. The fraction of sp³-hybridized carbons (Fsp3) is 0.167. The van der Waals surface area contributed by atoms with E-state index >= 15 is 0 Å². The number of ether oxygens (including phenoxy) is 1. The van der Waals surface area contributed by atoms with Crippen LogP contribution in [0.25, 0.3) is 10.9 Å². The molecule has 0 saturated heterocycles. The number of amides is 1. The minimum Gasteiger partial charge on any atom is -0.491 e. The second-order valence-electron chi connectivity index (χ2n) is 3.68. The van der Waals surface area contributed by atoms with Crippen LogP contribution in [0.3, 0.4) is 0 Å². The molecule has 1 aromatic carbocycles. The van der Waals surface area contributed by atoms with Gasteiger partial charge in [-0.3, -0.25) is 9.78 Å². The van der Waals surface area contributed by atoms with Crippen LogP contribution in [0.4, 0.5) is 0 Å². The first-order valence-electron chi connectivity index (χ1n) is 5.19. The summed E-state index contributed by atoms with van der Waals surface area (Å²) in [6.45, 7) is 0.0632. The highest BCUT2D eigenvalue weighted by Crippen LogP contribution is 2.18. The van der Waals surface area contributed by atoms with Crippen molar-refractivity contribution < 1.29 is 9.53 Å². The van der Waals surface area contributed by atoms with Gasteiger partial charge in [-0.05, 0) is 18.2 Å². The Kier molecular flexibility index (Phi) is 3.20. The number of rotatable bonds is 4. The SMILES string of the molecule is NC(=O)C(N)COc1ccc2cccnc2c1. The van der Waals surface area contributed by atoms with Crippen LogP contribution in [0.15, 0.2) is 36.5 Å². The molecule has 17 heavy (non-hydrogen) atoms. The number of fused-ring (bicyclic) bond motifs is 1. The van der Waals surface area contributed by atoms with Crippen molar-refractivity contribution in [2.75, 3.05) is 6.61 Å². The lowest BCUT2D eigenvalue weighted by atomic mass is 10.2. The minimum absolute atomic E-state index is 0.0632. The molecule has 0 radical (unpaired) electrons. The smallest absolute Gasteiger partial charge is 0.237 e. The van der Waals surface area contributed by atoms with Gasteiger partial charge < -0.3 is 16.2 Å². The summed E-state index contributed by atoms with van der Waals surface area (Å²) in [5.41, 5.74) is 11.3. The monoisotopic (exact) mass is 231 g/mol. The number of hydrogen-bond donors (Lipinski definition) is 2. The van der Waals surface area contributed by atoms with E-state index in [9.17, 15) is 4.79 Å². The fourth-order valence-electron chi connectivity index (χ4n) is 1.40. The van der Waals surface area contributed by atoms with Crippen molar-refractivity contribution in [2.45, 2.75) is 6.04 Å². The van der Waals surface area contributed by atoms with Gasteiger partial charge in [0, 0.05) is 17.6 Å². The molecule has 1 aromatic heterocycles. The van der Waals surface area contributed by atoms with Crippen LogP contribution < -0.4 is 16.2 Å². The molecule has 0 fully saturated rings. The van der Waals surface area contributed by atoms with Crippen LogP contribution in [0.1, 0.15) is 0 Å². The summed E-state index contributed by atoms with van der Waals surface area (Å²) in [5.74, 6) is 0.0387. The topological polar surface area (TPSA) is 91.2 Å². The van der Waals surface area contributed by atoms with Crippen molar-refractivity contribution in [1.82, 2.24) is 4.98 Å². The maximum Gasteiger partial charge on any atom is 0.237 e. The number of benzene rings is 1. The third-order valence-corrected chi connectivity index (χ3v) is 2.37. The Balaban J connectivity index is 2.12. The van der Waals surface area contributed by atoms with E-state index in [1.165, 1.54) is 0 Å². The highest BCUT2D eigenvalue weighted by Gasteiger charge is 2.09. The molecule has 0 aliphatic rings. The lowest BCUT2D eigenvalue weighted by molar-refractivity contribution is -0.119. The largest absolute Gasteiger partial charge is 0.491 e. The van der Waals surface area contributed by atoms with Crippen LogP contribution >= 0.6 is 0 Å². The van der Waals surface area contributed by atoms with Crippen molar-refractivity contribution >= 4 is 16.8 Å². The van der Waals surface area contributed by atoms with E-state index in [1.54, 1.807) is 18.3 Å². The van der Waals surface area contributed by atoms with Crippen LogP contribution in [-0.2, 0) is 4.79 Å². The second kappa shape index (κ2) is 4.80. The average molecular weight is 231 g/mol. The van der Waals surface area contributed by atoms with E-state index < -0.39 is 11.9 Å². The average Bonchev–Trinajstić information content (AvgIpc) is 2.35. The molecular formula is C12H13N3O2. The Bertz CT molecular complexity index is 542. The zero-order valence-corrected chi connectivity index (χ0v) is 9.17. The Hall–Kier alpha value is -2.14. The molecule has 4 N–H and O–H groups in total. The molecule has 0 bridgehead atoms. The summed E-state index contributed by atoms with van der Waals surface area (Å²) in [4.78, 5) is 14.9. The van der Waals surface area contributed by atoms with Gasteiger partial charge >= 0.3 is 0 Å². The summed E-state index contributed by atoms with van der Waals surface area (Å²) in [6, 6.07) is 8.52. The molecule has 1 unspecified atom stereocenters. The van der Waals surface area contributed by atoms with Crippen LogP contribution in [-0.4, -0.2) is 23.5 Å². The molecule has 88 valence electrons. The van der Waals surface area contributed by atoms with Crippen LogP contribution in [0.5, 0.6) is 5.75 Å². The van der Waals surface area contributed by atoms with E-state index in [-0.39, 0.29) is 6.61 Å². The molecule has 5 nitrogen and oxygen atoms in total. The number of carbonyl (C=O) groups excluding carboxylic acids is 1. The van der Waals surface area contributed by atoms with Crippen molar-refractivity contribution in [3.8, 4) is 5.75 Å². The molecule has 2 aromatic rings. The van der Waals surface area contributed by atoms with E-state index in [4.69, 9.17) is 16.2 Å². The number of aromatic nitrogens is 1. The van der Waals surface area contributed by atoms with Gasteiger partial charge in [0.1, 0.15) is 18.4 Å². The number of nitrogens with zero attached hydrogens (tertiary/aromatic N) is 1. The van der Waals surface area contributed by atoms with E-state index in [2.05, 4.69) is 4.98 Å². The van der Waals surface area contributed by atoms with Gasteiger partial charge in [-0.25, -0.2) is 0 Å². The van der Waals surface area contributed by atoms with Gasteiger partial charge in [0.05, 0.1) is 5.52 Å². The summed E-state index contributed by atoms with van der Waals surface area (Å²) in [6.07, 6.45) is 1.71. The Morgan fingerprint density at radius 3 is 3.00 bits per heavy atom. The fourth-order valence-corrected chi connectivity index (χ4v) is 1.40. The second-order valence-corrected chi connectivity index (χ2v) is 3.68. The third kappa shape index (κ3) is 2.70. The minimum atomic E-state index is -0.797.